The number of hydrogen-bond acceptors (Lipinski definition) is 3. The van der Waals surface area contributed by atoms with E-state index < -0.39 is 0 Å². The molecule has 2 rings (SSSR count). The van der Waals surface area contributed by atoms with E-state index in [9.17, 15) is 4.39 Å². The highest BCUT2D eigenvalue weighted by molar-refractivity contribution is 9.10. The van der Waals surface area contributed by atoms with Gasteiger partial charge in [0.1, 0.15) is 5.82 Å². The van der Waals surface area contributed by atoms with E-state index in [1.807, 2.05) is 6.07 Å². The molecule has 0 bridgehead atoms. The normalized spacial score (nSPS) is 19.5. The summed E-state index contributed by atoms with van der Waals surface area (Å²) in [7, 11) is 4.24. The molecule has 1 atom stereocenters. The summed E-state index contributed by atoms with van der Waals surface area (Å²) < 4.78 is 14.0. The summed E-state index contributed by atoms with van der Waals surface area (Å²) in [4.78, 5) is 2.29. The molecule has 1 aliphatic carbocycles. The first-order chi connectivity index (χ1) is 9.49. The summed E-state index contributed by atoms with van der Waals surface area (Å²) in [5, 5.41) is 0. The fourth-order valence-electron chi connectivity index (χ4n) is 3.41. The third-order valence-electron chi connectivity index (χ3n) is 4.65. The molecule has 1 aliphatic rings. The van der Waals surface area contributed by atoms with Crippen molar-refractivity contribution in [3.8, 4) is 0 Å². The highest BCUT2D eigenvalue weighted by atomic mass is 79.9. The van der Waals surface area contributed by atoms with Crippen LogP contribution in [0.4, 0.5) is 4.39 Å². The minimum atomic E-state index is -0.221. The highest BCUT2D eigenvalue weighted by Crippen LogP contribution is 2.38. The van der Waals surface area contributed by atoms with E-state index in [-0.39, 0.29) is 17.4 Å². The van der Waals surface area contributed by atoms with Crippen molar-refractivity contribution < 1.29 is 4.39 Å². The minimum absolute atomic E-state index is 0.0859. The fourth-order valence-corrected chi connectivity index (χ4v) is 3.92. The SMILES string of the molecule is CN(C)C1(C(Cc2ccc(F)cc2Br)NN)CCCC1. The summed E-state index contributed by atoms with van der Waals surface area (Å²) in [5.41, 5.74) is 4.17. The quantitative estimate of drug-likeness (QED) is 0.638. The Balaban J connectivity index is 2.23. The van der Waals surface area contributed by atoms with Gasteiger partial charge in [-0.3, -0.25) is 11.3 Å². The number of nitrogens with one attached hydrogen (secondary N) is 1. The molecule has 0 spiro atoms. The van der Waals surface area contributed by atoms with Gasteiger partial charge in [0.15, 0.2) is 0 Å². The van der Waals surface area contributed by atoms with Gasteiger partial charge in [0.2, 0.25) is 0 Å². The second-order valence-electron chi connectivity index (χ2n) is 5.86. The predicted molar refractivity (Wildman–Crippen MR) is 83.8 cm³/mol. The van der Waals surface area contributed by atoms with Crippen molar-refractivity contribution in [2.75, 3.05) is 14.1 Å². The van der Waals surface area contributed by atoms with Gasteiger partial charge in [-0.05, 0) is 51.1 Å². The second kappa shape index (κ2) is 6.52. The average Bonchev–Trinajstić information content (AvgIpc) is 2.88. The zero-order chi connectivity index (χ0) is 14.8. The van der Waals surface area contributed by atoms with Crippen LogP contribution in [0, 0.1) is 5.82 Å². The van der Waals surface area contributed by atoms with Gasteiger partial charge in [0, 0.05) is 16.1 Å². The van der Waals surface area contributed by atoms with Crippen molar-refractivity contribution in [3.63, 3.8) is 0 Å². The number of hydrogen-bond donors (Lipinski definition) is 2. The molecule has 20 heavy (non-hydrogen) atoms. The molecule has 1 aromatic rings. The van der Waals surface area contributed by atoms with E-state index >= 15 is 0 Å². The van der Waals surface area contributed by atoms with E-state index in [4.69, 9.17) is 5.84 Å². The predicted octanol–water partition coefficient (Wildman–Crippen LogP) is 2.84. The Labute approximate surface area is 128 Å². The van der Waals surface area contributed by atoms with Crippen LogP contribution in [0.3, 0.4) is 0 Å². The molecule has 0 heterocycles. The third kappa shape index (κ3) is 3.06. The largest absolute Gasteiger partial charge is 0.302 e. The lowest BCUT2D eigenvalue weighted by Crippen LogP contribution is -2.60. The number of benzene rings is 1. The van der Waals surface area contributed by atoms with E-state index in [0.29, 0.717) is 0 Å². The van der Waals surface area contributed by atoms with Gasteiger partial charge in [0.05, 0.1) is 0 Å². The molecule has 0 amide bonds. The Hall–Kier alpha value is -0.490. The zero-order valence-electron chi connectivity index (χ0n) is 12.1. The van der Waals surface area contributed by atoms with E-state index in [1.54, 1.807) is 0 Å². The van der Waals surface area contributed by atoms with Crippen LogP contribution in [-0.2, 0) is 6.42 Å². The minimum Gasteiger partial charge on any atom is -0.302 e. The van der Waals surface area contributed by atoms with Gasteiger partial charge in [0.25, 0.3) is 0 Å². The van der Waals surface area contributed by atoms with Gasteiger partial charge in [-0.2, -0.15) is 0 Å². The summed E-state index contributed by atoms with van der Waals surface area (Å²) in [6.45, 7) is 0. The van der Waals surface area contributed by atoms with Crippen LogP contribution in [0.5, 0.6) is 0 Å². The second-order valence-corrected chi connectivity index (χ2v) is 6.72. The molecule has 0 saturated heterocycles. The number of halogens is 2. The number of nitrogens with zero attached hydrogens (tertiary/aromatic N) is 1. The summed E-state index contributed by atoms with van der Waals surface area (Å²) in [6.07, 6.45) is 5.55. The fraction of sp³-hybridized carbons (Fsp3) is 0.600. The monoisotopic (exact) mass is 343 g/mol. The molecule has 3 N–H and O–H groups in total. The molecular weight excluding hydrogens is 321 g/mol. The molecular formula is C15H23BrFN3. The van der Waals surface area contributed by atoms with Crippen LogP contribution in [0.2, 0.25) is 0 Å². The zero-order valence-corrected chi connectivity index (χ0v) is 13.7. The Morgan fingerprint density at radius 2 is 2.05 bits per heavy atom. The van der Waals surface area contributed by atoms with Crippen molar-refractivity contribution in [2.24, 2.45) is 5.84 Å². The van der Waals surface area contributed by atoms with E-state index in [1.165, 1.54) is 25.0 Å². The Bertz CT molecular complexity index is 458. The Morgan fingerprint density at radius 3 is 2.55 bits per heavy atom. The van der Waals surface area contributed by atoms with Gasteiger partial charge >= 0.3 is 0 Å². The van der Waals surface area contributed by atoms with E-state index in [0.717, 1.165) is 29.3 Å². The number of likely N-dealkylation sites (N-methyl/N-ethyl adjacent to an activating group) is 1. The van der Waals surface area contributed by atoms with Gasteiger partial charge in [-0.25, -0.2) is 4.39 Å². The molecule has 112 valence electrons. The lowest BCUT2D eigenvalue weighted by molar-refractivity contribution is 0.104. The Morgan fingerprint density at radius 1 is 1.40 bits per heavy atom. The first-order valence-electron chi connectivity index (χ1n) is 7.07. The molecule has 0 radical (unpaired) electrons. The molecule has 0 aliphatic heterocycles. The molecule has 1 unspecified atom stereocenters. The van der Waals surface area contributed by atoms with Crippen LogP contribution >= 0.6 is 15.9 Å². The van der Waals surface area contributed by atoms with Crippen LogP contribution in [-0.4, -0.2) is 30.6 Å². The lowest BCUT2D eigenvalue weighted by Gasteiger charge is -2.43. The topological polar surface area (TPSA) is 41.3 Å². The Kier molecular flexibility index (Phi) is 5.18. The van der Waals surface area contributed by atoms with Crippen molar-refractivity contribution in [2.45, 2.75) is 43.7 Å². The third-order valence-corrected chi connectivity index (χ3v) is 5.39. The van der Waals surface area contributed by atoms with Crippen molar-refractivity contribution in [3.05, 3.63) is 34.1 Å². The number of hydrazine groups is 1. The molecule has 1 aromatic carbocycles. The maximum absolute atomic E-state index is 13.2. The van der Waals surface area contributed by atoms with Gasteiger partial charge in [-0.15, -0.1) is 0 Å². The van der Waals surface area contributed by atoms with Crippen molar-refractivity contribution in [1.82, 2.24) is 10.3 Å². The average molecular weight is 344 g/mol. The van der Waals surface area contributed by atoms with Crippen molar-refractivity contribution >= 4 is 15.9 Å². The highest BCUT2D eigenvalue weighted by Gasteiger charge is 2.42. The molecule has 3 nitrogen and oxygen atoms in total. The van der Waals surface area contributed by atoms with Crippen LogP contribution in [0.1, 0.15) is 31.2 Å². The van der Waals surface area contributed by atoms with Gasteiger partial charge in [-0.1, -0.05) is 34.8 Å². The molecule has 0 aromatic heterocycles. The lowest BCUT2D eigenvalue weighted by atomic mass is 9.83. The molecule has 5 heteroatoms. The number of rotatable bonds is 5. The first-order valence-corrected chi connectivity index (χ1v) is 7.86. The molecule has 1 fully saturated rings. The summed E-state index contributed by atoms with van der Waals surface area (Å²) in [5.74, 6) is 5.62. The van der Waals surface area contributed by atoms with Crippen molar-refractivity contribution in [1.29, 1.82) is 0 Å². The van der Waals surface area contributed by atoms with Crippen LogP contribution in [0.25, 0.3) is 0 Å². The standard InChI is InChI=1S/C15H23BrFN3/c1-20(2)15(7-3-4-8-15)14(19-18)9-11-5-6-12(17)10-13(11)16/h5-6,10,14,19H,3-4,7-9,18H2,1-2H3. The number of nitrogens with two attached hydrogens (primary N) is 1. The van der Waals surface area contributed by atoms with Gasteiger partial charge < -0.3 is 4.90 Å². The van der Waals surface area contributed by atoms with E-state index in [2.05, 4.69) is 40.4 Å². The molecule has 1 saturated carbocycles. The first kappa shape index (κ1) is 15.9. The van der Waals surface area contributed by atoms with Crippen LogP contribution in [0.15, 0.2) is 22.7 Å². The summed E-state index contributed by atoms with van der Waals surface area (Å²) in [6, 6.07) is 5.01. The maximum atomic E-state index is 13.2. The maximum Gasteiger partial charge on any atom is 0.124 e. The van der Waals surface area contributed by atoms with Crippen LogP contribution < -0.4 is 11.3 Å². The summed E-state index contributed by atoms with van der Waals surface area (Å²) >= 11 is 3.45. The smallest absolute Gasteiger partial charge is 0.124 e.